The summed E-state index contributed by atoms with van der Waals surface area (Å²) in [7, 11) is 0. The van der Waals surface area contributed by atoms with Crippen LogP contribution in [0.15, 0.2) is 48.5 Å². The summed E-state index contributed by atoms with van der Waals surface area (Å²) in [5.74, 6) is -0.105. The first-order valence-corrected chi connectivity index (χ1v) is 12.2. The molecule has 2 aromatic carbocycles. The number of rotatable bonds is 12. The second-order valence-electron chi connectivity index (χ2n) is 9.38. The lowest BCUT2D eigenvalue weighted by molar-refractivity contribution is -0.154. The molecule has 0 aliphatic carbocycles. The maximum atomic E-state index is 12.8. The summed E-state index contributed by atoms with van der Waals surface area (Å²) in [6.45, 7) is 8.68. The number of halogens is 2. The van der Waals surface area contributed by atoms with Crippen molar-refractivity contribution in [3.05, 3.63) is 69.7 Å². The largest absolute Gasteiger partial charge is 0.461 e. The summed E-state index contributed by atoms with van der Waals surface area (Å²) in [6.07, 6.45) is 1.95. The normalized spacial score (nSPS) is 11.6. The predicted octanol–water partition coefficient (Wildman–Crippen LogP) is 7.64. The monoisotopic (exact) mass is 492 g/mol. The predicted molar refractivity (Wildman–Crippen MR) is 133 cm³/mol. The lowest BCUT2D eigenvalue weighted by atomic mass is 9.68. The Balaban J connectivity index is 2.07. The van der Waals surface area contributed by atoms with E-state index in [-0.39, 0.29) is 43.9 Å². The molecular weight excluding hydrogens is 459 g/mol. The molecule has 0 atom stereocenters. The fraction of sp³-hybridized carbons (Fsp3) is 0.481. The molecule has 0 saturated carbocycles. The van der Waals surface area contributed by atoms with Gasteiger partial charge in [-0.25, -0.2) is 0 Å². The van der Waals surface area contributed by atoms with Crippen LogP contribution in [0.3, 0.4) is 0 Å². The molecule has 0 aromatic heterocycles. The van der Waals surface area contributed by atoms with E-state index in [1.165, 1.54) is 0 Å². The fourth-order valence-electron chi connectivity index (χ4n) is 3.77. The highest BCUT2D eigenvalue weighted by molar-refractivity contribution is 6.30. The van der Waals surface area contributed by atoms with Crippen molar-refractivity contribution < 1.29 is 19.1 Å². The molecule has 6 heteroatoms. The topological polar surface area (TPSA) is 52.6 Å². The summed E-state index contributed by atoms with van der Waals surface area (Å²) in [4.78, 5) is 25.7. The second-order valence-corrected chi connectivity index (χ2v) is 10.3. The molecule has 0 amide bonds. The molecule has 0 N–H and O–H groups in total. The van der Waals surface area contributed by atoms with Crippen LogP contribution in [0, 0.1) is 17.3 Å². The molecule has 4 nitrogen and oxygen atoms in total. The van der Waals surface area contributed by atoms with Crippen molar-refractivity contribution in [1.82, 2.24) is 0 Å². The Bertz CT molecular complexity index is 860. The molecule has 0 saturated heterocycles. The summed E-state index contributed by atoms with van der Waals surface area (Å²) < 4.78 is 11.1. The number of hydrogen-bond acceptors (Lipinski definition) is 4. The van der Waals surface area contributed by atoms with E-state index in [9.17, 15) is 9.59 Å². The smallest absolute Gasteiger partial charge is 0.306 e. The van der Waals surface area contributed by atoms with E-state index >= 15 is 0 Å². The zero-order chi connectivity index (χ0) is 24.4. The van der Waals surface area contributed by atoms with Crippen LogP contribution >= 0.6 is 23.2 Å². The van der Waals surface area contributed by atoms with Gasteiger partial charge in [0.1, 0.15) is 13.2 Å². The van der Waals surface area contributed by atoms with Crippen molar-refractivity contribution in [1.29, 1.82) is 0 Å². The van der Waals surface area contributed by atoms with Crippen molar-refractivity contribution in [3.8, 4) is 0 Å². The highest BCUT2D eigenvalue weighted by atomic mass is 35.5. The molecular formula is C27H34Cl2O4. The van der Waals surface area contributed by atoms with Crippen molar-refractivity contribution in [2.24, 2.45) is 17.3 Å². The van der Waals surface area contributed by atoms with Gasteiger partial charge in [0.05, 0.1) is 12.8 Å². The van der Waals surface area contributed by atoms with Crippen molar-refractivity contribution >= 4 is 35.1 Å². The Morgan fingerprint density at radius 2 is 1.27 bits per heavy atom. The Labute approximate surface area is 207 Å². The van der Waals surface area contributed by atoms with Gasteiger partial charge in [-0.3, -0.25) is 9.59 Å². The van der Waals surface area contributed by atoms with Crippen LogP contribution in [0.4, 0.5) is 0 Å². The number of benzene rings is 2. The molecule has 0 heterocycles. The van der Waals surface area contributed by atoms with Crippen molar-refractivity contribution in [2.75, 3.05) is 0 Å². The van der Waals surface area contributed by atoms with Gasteiger partial charge >= 0.3 is 11.9 Å². The van der Waals surface area contributed by atoms with Gasteiger partial charge in [0.25, 0.3) is 0 Å². The number of carbonyl (C=O) groups is 2. The van der Waals surface area contributed by atoms with E-state index in [0.717, 1.165) is 24.0 Å². The summed E-state index contributed by atoms with van der Waals surface area (Å²) in [6, 6.07) is 14.5. The lowest BCUT2D eigenvalue weighted by Crippen LogP contribution is -2.34. The zero-order valence-corrected chi connectivity index (χ0v) is 21.4. The minimum Gasteiger partial charge on any atom is -0.461 e. The molecule has 0 fully saturated rings. The third kappa shape index (κ3) is 9.38. The first-order chi connectivity index (χ1) is 15.6. The molecule has 0 aliphatic heterocycles. The number of carbonyl (C=O) groups excluding carboxylic acids is 2. The molecule has 33 heavy (non-hydrogen) atoms. The van der Waals surface area contributed by atoms with Gasteiger partial charge in [0.2, 0.25) is 0 Å². The van der Waals surface area contributed by atoms with Gasteiger partial charge in [-0.1, -0.05) is 81.6 Å². The SMILES string of the molecule is CC(C)CCC(CC(=O)OCc1cccc(Cl)c1)(CC(=O)OCc1cccc(Cl)c1)C(C)C. The van der Waals surface area contributed by atoms with Crippen LogP contribution in [0.2, 0.25) is 10.0 Å². The van der Waals surface area contributed by atoms with E-state index in [0.29, 0.717) is 16.0 Å². The zero-order valence-electron chi connectivity index (χ0n) is 19.9. The van der Waals surface area contributed by atoms with Gasteiger partial charge in [-0.2, -0.15) is 0 Å². The van der Waals surface area contributed by atoms with Crippen LogP contribution in [-0.4, -0.2) is 11.9 Å². The Morgan fingerprint density at radius 3 is 1.64 bits per heavy atom. The summed E-state index contributed by atoms with van der Waals surface area (Å²) in [5.41, 5.74) is 1.12. The molecule has 0 unspecified atom stereocenters. The van der Waals surface area contributed by atoms with Crippen LogP contribution < -0.4 is 0 Å². The van der Waals surface area contributed by atoms with Crippen LogP contribution in [-0.2, 0) is 32.3 Å². The number of esters is 2. The van der Waals surface area contributed by atoms with Crippen LogP contribution in [0.1, 0.15) is 64.5 Å². The minimum absolute atomic E-state index is 0.0914. The molecule has 180 valence electrons. The van der Waals surface area contributed by atoms with E-state index in [2.05, 4.69) is 27.7 Å². The number of hydrogen-bond donors (Lipinski definition) is 0. The molecule has 0 radical (unpaired) electrons. The first-order valence-electron chi connectivity index (χ1n) is 11.4. The van der Waals surface area contributed by atoms with E-state index in [1.54, 1.807) is 24.3 Å². The van der Waals surface area contributed by atoms with E-state index < -0.39 is 5.41 Å². The second kappa shape index (κ2) is 13.0. The van der Waals surface area contributed by atoms with Gasteiger partial charge in [0.15, 0.2) is 0 Å². The van der Waals surface area contributed by atoms with Gasteiger partial charge in [-0.05, 0) is 59.1 Å². The summed E-state index contributed by atoms with van der Waals surface area (Å²) >= 11 is 12.0. The molecule has 0 aliphatic rings. The average molecular weight is 493 g/mol. The molecule has 2 aromatic rings. The van der Waals surface area contributed by atoms with E-state index in [1.807, 2.05) is 24.3 Å². The lowest BCUT2D eigenvalue weighted by Gasteiger charge is -2.37. The number of ether oxygens (including phenoxy) is 2. The van der Waals surface area contributed by atoms with Gasteiger partial charge in [-0.15, -0.1) is 0 Å². The van der Waals surface area contributed by atoms with E-state index in [4.69, 9.17) is 32.7 Å². The third-order valence-corrected chi connectivity index (χ3v) is 6.49. The van der Waals surface area contributed by atoms with Gasteiger partial charge in [0, 0.05) is 10.0 Å². The first kappa shape index (κ1) is 27.2. The van der Waals surface area contributed by atoms with Crippen molar-refractivity contribution in [3.63, 3.8) is 0 Å². The highest BCUT2D eigenvalue weighted by Gasteiger charge is 2.39. The molecule has 0 bridgehead atoms. The maximum Gasteiger partial charge on any atom is 0.306 e. The third-order valence-electron chi connectivity index (χ3n) is 6.01. The quantitative estimate of drug-likeness (QED) is 0.285. The Morgan fingerprint density at radius 1 is 0.818 bits per heavy atom. The van der Waals surface area contributed by atoms with Crippen molar-refractivity contribution in [2.45, 2.75) is 66.6 Å². The minimum atomic E-state index is -0.541. The Hall–Kier alpha value is -2.04. The Kier molecular flexibility index (Phi) is 10.7. The highest BCUT2D eigenvalue weighted by Crippen LogP contribution is 2.42. The maximum absolute atomic E-state index is 12.8. The van der Waals surface area contributed by atoms with Gasteiger partial charge < -0.3 is 9.47 Å². The van der Waals surface area contributed by atoms with Crippen LogP contribution in [0.25, 0.3) is 0 Å². The summed E-state index contributed by atoms with van der Waals surface area (Å²) in [5, 5.41) is 1.19. The molecule has 2 rings (SSSR count). The fourth-order valence-corrected chi connectivity index (χ4v) is 4.20. The van der Waals surface area contributed by atoms with Crippen LogP contribution in [0.5, 0.6) is 0 Å². The standard InChI is InChI=1S/C27H34Cl2O4/c1-19(2)11-12-27(20(3)4,15-25(30)32-17-21-7-5-9-23(28)13-21)16-26(31)33-18-22-8-6-10-24(29)14-22/h5-10,13-14,19-20H,11-12,15-18H2,1-4H3. The molecule has 0 spiro atoms. The average Bonchev–Trinajstić information content (AvgIpc) is 2.74.